The molecule has 0 N–H and O–H groups in total. The van der Waals surface area contributed by atoms with Crippen molar-refractivity contribution in [2.24, 2.45) is 7.05 Å². The van der Waals surface area contributed by atoms with Crippen LogP contribution in [-0.4, -0.2) is 58.4 Å². The van der Waals surface area contributed by atoms with Crippen LogP contribution in [0, 0.1) is 10.1 Å². The second-order valence-electron chi connectivity index (χ2n) is 5.34. The van der Waals surface area contributed by atoms with Gasteiger partial charge in [0.25, 0.3) is 0 Å². The van der Waals surface area contributed by atoms with E-state index < -0.39 is 14.9 Å². The number of hydrogen-bond acceptors (Lipinski definition) is 7. The molecular weight excluding hydrogens is 336 g/mol. The van der Waals surface area contributed by atoms with Crippen LogP contribution in [0.25, 0.3) is 0 Å². The molecule has 10 nitrogen and oxygen atoms in total. The van der Waals surface area contributed by atoms with Crippen LogP contribution in [0.3, 0.4) is 0 Å². The van der Waals surface area contributed by atoms with E-state index in [4.69, 9.17) is 0 Å². The summed E-state index contributed by atoms with van der Waals surface area (Å²) in [5.41, 5.74) is 0. The Bertz CT molecular complexity index is 843. The summed E-state index contributed by atoms with van der Waals surface area (Å²) in [6, 6.07) is 3.07. The lowest BCUT2D eigenvalue weighted by atomic mass is 10.3. The molecule has 0 atom stereocenters. The number of aromatic nitrogens is 3. The molecule has 2 aromatic heterocycles. The maximum Gasteiger partial charge on any atom is 0.406 e. The van der Waals surface area contributed by atoms with Crippen molar-refractivity contribution in [3.63, 3.8) is 0 Å². The van der Waals surface area contributed by atoms with Gasteiger partial charge in [0.15, 0.2) is 0 Å². The number of aryl methyl sites for hydroxylation is 1. The number of sulfonamides is 1. The molecular formula is C13H16N6O4S. The summed E-state index contributed by atoms with van der Waals surface area (Å²) in [6.07, 6.45) is 4.21. The van der Waals surface area contributed by atoms with E-state index in [1.54, 1.807) is 22.6 Å². The highest BCUT2D eigenvalue weighted by molar-refractivity contribution is 7.89. The van der Waals surface area contributed by atoms with Gasteiger partial charge in [0.2, 0.25) is 22.2 Å². The van der Waals surface area contributed by atoms with Crippen LogP contribution in [0.2, 0.25) is 0 Å². The molecule has 0 aromatic carbocycles. The summed E-state index contributed by atoms with van der Waals surface area (Å²) in [7, 11) is -1.93. The molecule has 3 rings (SSSR count). The first-order chi connectivity index (χ1) is 11.4. The summed E-state index contributed by atoms with van der Waals surface area (Å²) < 4.78 is 28.1. The fourth-order valence-corrected chi connectivity index (χ4v) is 4.08. The second-order valence-corrected chi connectivity index (χ2v) is 7.28. The van der Waals surface area contributed by atoms with Gasteiger partial charge in [-0.1, -0.05) is 0 Å². The zero-order chi connectivity index (χ0) is 17.3. The molecule has 0 radical (unpaired) electrons. The average Bonchev–Trinajstić information content (AvgIpc) is 2.97. The summed E-state index contributed by atoms with van der Waals surface area (Å²) in [5, 5.41) is 11.1. The highest BCUT2D eigenvalue weighted by atomic mass is 32.2. The molecule has 0 unspecified atom stereocenters. The molecule has 2 aromatic rings. The minimum atomic E-state index is -3.60. The number of imidazole rings is 1. The molecule has 0 amide bonds. The largest absolute Gasteiger partial charge is 0.406 e. The SMILES string of the molecule is Cn1cnc([N+](=O)[O-])c1N1CCN(S(=O)(=O)c2cccnc2)CC1. The van der Waals surface area contributed by atoms with E-state index in [9.17, 15) is 18.5 Å². The van der Waals surface area contributed by atoms with Crippen molar-refractivity contribution in [1.29, 1.82) is 0 Å². The van der Waals surface area contributed by atoms with Crippen LogP contribution in [0.15, 0.2) is 35.7 Å². The van der Waals surface area contributed by atoms with Crippen molar-refractivity contribution in [1.82, 2.24) is 18.8 Å². The third-order valence-electron chi connectivity index (χ3n) is 3.87. The molecule has 1 fully saturated rings. The molecule has 3 heterocycles. The number of piperazine rings is 1. The lowest BCUT2D eigenvalue weighted by Crippen LogP contribution is -2.49. The smallest absolute Gasteiger partial charge is 0.358 e. The zero-order valence-electron chi connectivity index (χ0n) is 12.9. The Balaban J connectivity index is 1.78. The van der Waals surface area contributed by atoms with E-state index in [1.165, 1.54) is 29.1 Å². The van der Waals surface area contributed by atoms with Gasteiger partial charge < -0.3 is 15.0 Å². The number of anilines is 1. The number of nitrogens with zero attached hydrogens (tertiary/aromatic N) is 6. The predicted octanol–water partition coefficient (Wildman–Crippen LogP) is 0.234. The fraction of sp³-hybridized carbons (Fsp3) is 0.385. The fourth-order valence-electron chi connectivity index (χ4n) is 2.69. The zero-order valence-corrected chi connectivity index (χ0v) is 13.8. The van der Waals surface area contributed by atoms with Crippen molar-refractivity contribution in [2.75, 3.05) is 31.1 Å². The number of hydrogen-bond donors (Lipinski definition) is 0. The van der Waals surface area contributed by atoms with E-state index in [0.717, 1.165) is 0 Å². The molecule has 0 spiro atoms. The highest BCUT2D eigenvalue weighted by Crippen LogP contribution is 2.27. The first kappa shape index (κ1) is 16.3. The van der Waals surface area contributed by atoms with Crippen molar-refractivity contribution in [3.05, 3.63) is 41.0 Å². The highest BCUT2D eigenvalue weighted by Gasteiger charge is 2.32. The Morgan fingerprint density at radius 2 is 1.96 bits per heavy atom. The van der Waals surface area contributed by atoms with E-state index >= 15 is 0 Å². The van der Waals surface area contributed by atoms with E-state index in [0.29, 0.717) is 18.9 Å². The third kappa shape index (κ3) is 2.83. The molecule has 0 aliphatic carbocycles. The van der Waals surface area contributed by atoms with Crippen LogP contribution >= 0.6 is 0 Å². The first-order valence-electron chi connectivity index (χ1n) is 7.22. The molecule has 0 bridgehead atoms. The Morgan fingerprint density at radius 3 is 2.54 bits per heavy atom. The molecule has 24 heavy (non-hydrogen) atoms. The van der Waals surface area contributed by atoms with Gasteiger partial charge in [-0.25, -0.2) is 8.42 Å². The summed E-state index contributed by atoms with van der Waals surface area (Å²) in [6.45, 7) is 1.17. The lowest BCUT2D eigenvalue weighted by molar-refractivity contribution is -0.388. The summed E-state index contributed by atoms with van der Waals surface area (Å²) in [5.74, 6) is 0.166. The van der Waals surface area contributed by atoms with E-state index in [2.05, 4.69) is 9.97 Å². The Kier molecular flexibility index (Phi) is 4.20. The molecule has 11 heteroatoms. The van der Waals surface area contributed by atoms with E-state index in [1.807, 2.05) is 0 Å². The van der Waals surface area contributed by atoms with Crippen molar-refractivity contribution < 1.29 is 13.3 Å². The number of rotatable bonds is 4. The normalized spacial score (nSPS) is 16.3. The van der Waals surface area contributed by atoms with Crippen LogP contribution in [0.1, 0.15) is 0 Å². The van der Waals surface area contributed by atoms with Crippen LogP contribution in [0.4, 0.5) is 11.6 Å². The average molecular weight is 352 g/mol. The molecule has 1 saturated heterocycles. The van der Waals surface area contributed by atoms with Gasteiger partial charge in [-0.15, -0.1) is 0 Å². The topological polar surface area (TPSA) is 114 Å². The van der Waals surface area contributed by atoms with Gasteiger partial charge >= 0.3 is 5.82 Å². The Morgan fingerprint density at radius 1 is 1.25 bits per heavy atom. The molecule has 0 saturated carbocycles. The number of pyridine rings is 1. The van der Waals surface area contributed by atoms with Crippen LogP contribution < -0.4 is 4.90 Å². The maximum atomic E-state index is 12.6. The minimum absolute atomic E-state index is 0.143. The van der Waals surface area contributed by atoms with Gasteiger partial charge in [0.05, 0.1) is 0 Å². The second kappa shape index (κ2) is 6.17. The summed E-state index contributed by atoms with van der Waals surface area (Å²) in [4.78, 5) is 20.1. The summed E-state index contributed by atoms with van der Waals surface area (Å²) >= 11 is 0. The molecule has 1 aliphatic rings. The maximum absolute atomic E-state index is 12.6. The van der Waals surface area contributed by atoms with Crippen molar-refractivity contribution in [3.8, 4) is 0 Å². The van der Waals surface area contributed by atoms with Gasteiger partial charge in [-0.2, -0.15) is 4.31 Å². The Hall–Kier alpha value is -2.53. The Labute approximate surface area is 138 Å². The quantitative estimate of drug-likeness (QED) is 0.571. The first-order valence-corrected chi connectivity index (χ1v) is 8.66. The van der Waals surface area contributed by atoms with Gasteiger partial charge in [-0.3, -0.25) is 9.55 Å². The van der Waals surface area contributed by atoms with Gasteiger partial charge in [0, 0.05) is 45.6 Å². The van der Waals surface area contributed by atoms with Gasteiger partial charge in [-0.05, 0) is 22.0 Å². The van der Waals surface area contributed by atoms with Crippen molar-refractivity contribution in [2.45, 2.75) is 4.90 Å². The van der Waals surface area contributed by atoms with Gasteiger partial charge in [0.1, 0.15) is 4.90 Å². The molecule has 128 valence electrons. The van der Waals surface area contributed by atoms with Crippen LogP contribution in [0.5, 0.6) is 0 Å². The van der Waals surface area contributed by atoms with Crippen molar-refractivity contribution >= 4 is 21.7 Å². The molecule has 1 aliphatic heterocycles. The van der Waals surface area contributed by atoms with E-state index in [-0.39, 0.29) is 23.8 Å². The predicted molar refractivity (Wildman–Crippen MR) is 85.1 cm³/mol. The van der Waals surface area contributed by atoms with Crippen LogP contribution in [-0.2, 0) is 17.1 Å². The minimum Gasteiger partial charge on any atom is -0.358 e. The standard InChI is InChI=1S/C13H16N6O4S/c1-16-10-15-12(19(20)21)13(16)17-5-7-18(8-6-17)24(22,23)11-3-2-4-14-9-11/h2-4,9-10H,5-8H2,1H3. The lowest BCUT2D eigenvalue weighted by Gasteiger charge is -2.34. The number of nitro groups is 1. The monoisotopic (exact) mass is 352 g/mol. The third-order valence-corrected chi connectivity index (χ3v) is 5.75.